The van der Waals surface area contributed by atoms with E-state index in [0.717, 1.165) is 36.8 Å². The first-order chi connectivity index (χ1) is 11.3. The molecule has 1 heterocycles. The fourth-order valence-electron chi connectivity index (χ4n) is 3.36. The number of carbonyl (C=O) groups is 1. The van der Waals surface area contributed by atoms with E-state index >= 15 is 0 Å². The lowest BCUT2D eigenvalue weighted by Crippen LogP contribution is -2.41. The van der Waals surface area contributed by atoms with Crippen molar-refractivity contribution in [3.63, 3.8) is 0 Å². The minimum Gasteiger partial charge on any atom is -0.459 e. The first-order valence-electron chi connectivity index (χ1n) is 8.34. The zero-order valence-electron chi connectivity index (χ0n) is 13.2. The number of aliphatic hydroxyl groups excluding tert-OH is 1. The Hall–Kier alpha value is -2.07. The number of rotatable bonds is 4. The molecule has 1 saturated carbocycles. The van der Waals surface area contributed by atoms with Crippen molar-refractivity contribution in [2.75, 3.05) is 6.61 Å². The van der Waals surface area contributed by atoms with Gasteiger partial charge < -0.3 is 14.8 Å². The first kappa shape index (κ1) is 15.8. The molecule has 1 amide bonds. The van der Waals surface area contributed by atoms with Crippen LogP contribution in [-0.4, -0.2) is 23.7 Å². The normalized spacial score (nSPS) is 21.6. The minimum atomic E-state index is -0.195. The Morgan fingerprint density at radius 3 is 2.70 bits per heavy atom. The molecule has 0 spiro atoms. The second-order valence-corrected chi connectivity index (χ2v) is 6.19. The highest BCUT2D eigenvalue weighted by Crippen LogP contribution is 2.27. The highest BCUT2D eigenvalue weighted by Gasteiger charge is 2.27. The van der Waals surface area contributed by atoms with Crippen LogP contribution < -0.4 is 5.32 Å². The number of benzene rings is 1. The number of hydrogen-bond donors (Lipinski definition) is 2. The number of hydrogen-bond acceptors (Lipinski definition) is 3. The van der Waals surface area contributed by atoms with Gasteiger partial charge in [0.05, 0.1) is 6.26 Å². The number of amides is 1. The molecule has 1 aromatic carbocycles. The van der Waals surface area contributed by atoms with Crippen molar-refractivity contribution in [2.24, 2.45) is 5.92 Å². The van der Waals surface area contributed by atoms with E-state index in [1.807, 2.05) is 36.4 Å². The van der Waals surface area contributed by atoms with Gasteiger partial charge in [-0.05, 0) is 24.5 Å². The predicted octanol–water partition coefficient (Wildman–Crippen LogP) is 3.62. The van der Waals surface area contributed by atoms with E-state index in [4.69, 9.17) is 4.42 Å². The average Bonchev–Trinajstić information content (AvgIpc) is 2.97. The van der Waals surface area contributed by atoms with Crippen LogP contribution in [0.3, 0.4) is 0 Å². The second-order valence-electron chi connectivity index (χ2n) is 6.19. The molecule has 0 radical (unpaired) electrons. The average molecular weight is 313 g/mol. The van der Waals surface area contributed by atoms with E-state index in [1.165, 1.54) is 6.42 Å². The van der Waals surface area contributed by atoms with Gasteiger partial charge in [0.1, 0.15) is 0 Å². The lowest BCUT2D eigenvalue weighted by Gasteiger charge is -2.24. The Bertz CT molecular complexity index is 635. The van der Waals surface area contributed by atoms with Crippen LogP contribution in [0.5, 0.6) is 0 Å². The topological polar surface area (TPSA) is 62.5 Å². The fourth-order valence-corrected chi connectivity index (χ4v) is 3.36. The van der Waals surface area contributed by atoms with Gasteiger partial charge in [-0.2, -0.15) is 0 Å². The molecular weight excluding hydrogens is 290 g/mol. The van der Waals surface area contributed by atoms with E-state index in [2.05, 4.69) is 5.32 Å². The van der Waals surface area contributed by atoms with E-state index < -0.39 is 0 Å². The Morgan fingerprint density at radius 1 is 1.13 bits per heavy atom. The van der Waals surface area contributed by atoms with Gasteiger partial charge in [0.2, 0.25) is 0 Å². The number of carbonyl (C=O) groups excluding carboxylic acids is 1. The third kappa shape index (κ3) is 3.64. The summed E-state index contributed by atoms with van der Waals surface area (Å²) in [6, 6.07) is 11.6. The van der Waals surface area contributed by atoms with E-state index in [9.17, 15) is 9.90 Å². The molecule has 2 N–H and O–H groups in total. The van der Waals surface area contributed by atoms with E-state index in [-0.39, 0.29) is 24.5 Å². The lowest BCUT2D eigenvalue weighted by molar-refractivity contribution is 0.0872. The molecule has 2 atom stereocenters. The molecular formula is C19H23NO3. The molecule has 1 aliphatic rings. The third-order valence-corrected chi connectivity index (χ3v) is 4.67. The number of aliphatic hydroxyl groups is 1. The van der Waals surface area contributed by atoms with Crippen LogP contribution in [-0.2, 0) is 0 Å². The fraction of sp³-hybridized carbons (Fsp3) is 0.421. The van der Waals surface area contributed by atoms with Crippen LogP contribution >= 0.6 is 0 Å². The Balaban J connectivity index is 1.77. The van der Waals surface area contributed by atoms with E-state index in [1.54, 1.807) is 6.26 Å². The van der Waals surface area contributed by atoms with Gasteiger partial charge in [0.15, 0.2) is 5.76 Å². The van der Waals surface area contributed by atoms with Gasteiger partial charge in [0, 0.05) is 24.1 Å². The predicted molar refractivity (Wildman–Crippen MR) is 89.1 cm³/mol. The van der Waals surface area contributed by atoms with Crippen LogP contribution in [0, 0.1) is 5.92 Å². The lowest BCUT2D eigenvalue weighted by atomic mass is 9.95. The molecule has 23 heavy (non-hydrogen) atoms. The standard InChI is InChI=1S/C19H23NO3/c21-13-15-9-5-2-6-10-17(15)20-19(22)18-16(11-12-23-18)14-7-3-1-4-8-14/h1,3-4,7-8,11-12,15,17,21H,2,5-6,9-10,13H2,(H,20,22). The summed E-state index contributed by atoms with van der Waals surface area (Å²) in [6.07, 6.45) is 6.80. The SMILES string of the molecule is O=C(NC1CCCCCC1CO)c1occc1-c1ccccc1. The molecule has 4 heteroatoms. The zero-order chi connectivity index (χ0) is 16.1. The molecule has 3 rings (SSSR count). The van der Waals surface area contributed by atoms with Gasteiger partial charge in [-0.15, -0.1) is 0 Å². The van der Waals surface area contributed by atoms with Crippen molar-refractivity contribution in [3.8, 4) is 11.1 Å². The molecule has 1 fully saturated rings. The summed E-state index contributed by atoms with van der Waals surface area (Å²) in [5.74, 6) is 0.285. The molecule has 0 aliphatic heterocycles. The van der Waals surface area contributed by atoms with Crippen molar-refractivity contribution >= 4 is 5.91 Å². The Kier molecular flexibility index (Phi) is 5.13. The van der Waals surface area contributed by atoms with Crippen LogP contribution in [0.2, 0.25) is 0 Å². The highest BCUT2D eigenvalue weighted by atomic mass is 16.3. The van der Waals surface area contributed by atoms with Crippen molar-refractivity contribution in [3.05, 3.63) is 48.4 Å². The molecule has 0 bridgehead atoms. The molecule has 1 aromatic heterocycles. The van der Waals surface area contributed by atoms with Crippen LogP contribution in [0.1, 0.15) is 42.7 Å². The Morgan fingerprint density at radius 2 is 1.91 bits per heavy atom. The largest absolute Gasteiger partial charge is 0.459 e. The maximum absolute atomic E-state index is 12.7. The smallest absolute Gasteiger partial charge is 0.287 e. The van der Waals surface area contributed by atoms with Crippen LogP contribution in [0.15, 0.2) is 47.1 Å². The summed E-state index contributed by atoms with van der Waals surface area (Å²) in [6.45, 7) is 0.120. The van der Waals surface area contributed by atoms with Crippen molar-refractivity contribution in [2.45, 2.75) is 38.1 Å². The van der Waals surface area contributed by atoms with Crippen LogP contribution in [0.25, 0.3) is 11.1 Å². The van der Waals surface area contributed by atoms with Crippen molar-refractivity contribution < 1.29 is 14.3 Å². The highest BCUT2D eigenvalue weighted by molar-refractivity contribution is 5.98. The third-order valence-electron chi connectivity index (χ3n) is 4.67. The summed E-state index contributed by atoms with van der Waals surface area (Å²) < 4.78 is 5.45. The van der Waals surface area contributed by atoms with Gasteiger partial charge in [-0.1, -0.05) is 49.6 Å². The summed E-state index contributed by atoms with van der Waals surface area (Å²) in [4.78, 5) is 12.7. The monoisotopic (exact) mass is 313 g/mol. The maximum Gasteiger partial charge on any atom is 0.287 e. The first-order valence-corrected chi connectivity index (χ1v) is 8.34. The van der Waals surface area contributed by atoms with Gasteiger partial charge >= 0.3 is 0 Å². The van der Waals surface area contributed by atoms with E-state index in [0.29, 0.717) is 5.76 Å². The van der Waals surface area contributed by atoms with Crippen molar-refractivity contribution in [1.82, 2.24) is 5.32 Å². The molecule has 0 saturated heterocycles. The summed E-state index contributed by atoms with van der Waals surface area (Å²) in [7, 11) is 0. The number of furan rings is 1. The molecule has 4 nitrogen and oxygen atoms in total. The van der Waals surface area contributed by atoms with Gasteiger partial charge in [0.25, 0.3) is 5.91 Å². The summed E-state index contributed by atoms with van der Waals surface area (Å²) >= 11 is 0. The molecule has 2 aromatic rings. The summed E-state index contributed by atoms with van der Waals surface area (Å²) in [5.41, 5.74) is 1.77. The van der Waals surface area contributed by atoms with Gasteiger partial charge in [-0.25, -0.2) is 0 Å². The second kappa shape index (κ2) is 7.47. The molecule has 122 valence electrons. The summed E-state index contributed by atoms with van der Waals surface area (Å²) in [5, 5.41) is 12.7. The molecule has 2 unspecified atom stereocenters. The quantitative estimate of drug-likeness (QED) is 0.848. The molecule has 1 aliphatic carbocycles. The minimum absolute atomic E-state index is 0.0173. The van der Waals surface area contributed by atoms with Crippen molar-refractivity contribution in [1.29, 1.82) is 0 Å². The number of nitrogens with one attached hydrogen (secondary N) is 1. The zero-order valence-corrected chi connectivity index (χ0v) is 13.2. The van der Waals surface area contributed by atoms with Gasteiger partial charge in [-0.3, -0.25) is 4.79 Å². The Labute approximate surface area is 136 Å². The van der Waals surface area contributed by atoms with Crippen LogP contribution in [0.4, 0.5) is 0 Å². The maximum atomic E-state index is 12.7.